The molecule has 6 nitrogen and oxygen atoms in total. The van der Waals surface area contributed by atoms with E-state index in [1.807, 2.05) is 47.4 Å². The van der Waals surface area contributed by atoms with Gasteiger partial charge in [-0.3, -0.25) is 14.5 Å². The third kappa shape index (κ3) is 4.07. The van der Waals surface area contributed by atoms with Gasteiger partial charge in [0.05, 0.1) is 6.54 Å². The molecular weight excluding hydrogens is 390 g/mol. The van der Waals surface area contributed by atoms with E-state index in [-0.39, 0.29) is 24.4 Å². The highest BCUT2D eigenvalue weighted by atomic mass is 16.2. The van der Waals surface area contributed by atoms with E-state index in [1.165, 1.54) is 4.90 Å². The van der Waals surface area contributed by atoms with Crippen molar-refractivity contribution in [2.75, 3.05) is 13.1 Å². The molecule has 2 aromatic rings. The predicted octanol–water partition coefficient (Wildman–Crippen LogP) is 4.06. The van der Waals surface area contributed by atoms with Crippen molar-refractivity contribution >= 4 is 17.8 Å². The van der Waals surface area contributed by atoms with Gasteiger partial charge in [0.15, 0.2) is 0 Å². The molecule has 31 heavy (non-hydrogen) atoms. The smallest absolute Gasteiger partial charge is 0.325 e. The summed E-state index contributed by atoms with van der Waals surface area (Å²) in [5.41, 5.74) is 1.26. The maximum Gasteiger partial charge on any atom is 0.325 e. The monoisotopic (exact) mass is 419 g/mol. The Labute approximate surface area is 183 Å². The number of amides is 4. The molecule has 4 amide bonds. The van der Waals surface area contributed by atoms with Crippen molar-refractivity contribution in [3.8, 4) is 0 Å². The third-order valence-electron chi connectivity index (χ3n) is 6.28. The minimum atomic E-state index is -1.01. The first-order valence-corrected chi connectivity index (χ1v) is 11.1. The maximum atomic E-state index is 13.5. The van der Waals surface area contributed by atoms with Gasteiger partial charge in [0.2, 0.25) is 0 Å². The van der Waals surface area contributed by atoms with E-state index < -0.39 is 5.54 Å². The molecule has 2 saturated heterocycles. The van der Waals surface area contributed by atoms with Gasteiger partial charge in [-0.25, -0.2) is 4.79 Å². The highest BCUT2D eigenvalue weighted by Gasteiger charge is 2.51. The van der Waals surface area contributed by atoms with Crippen LogP contribution in [0.1, 0.15) is 60.5 Å². The number of urea groups is 1. The van der Waals surface area contributed by atoms with Crippen molar-refractivity contribution in [1.82, 2.24) is 15.1 Å². The molecule has 2 heterocycles. The Balaban J connectivity index is 1.52. The number of unbranched alkanes of at least 4 members (excludes halogenated alkanes) is 1. The summed E-state index contributed by atoms with van der Waals surface area (Å²) in [7, 11) is 0. The lowest BCUT2D eigenvalue weighted by molar-refractivity contribution is -0.132. The van der Waals surface area contributed by atoms with Crippen LogP contribution in [-0.4, -0.2) is 40.7 Å². The first kappa shape index (κ1) is 21.1. The lowest BCUT2D eigenvalue weighted by Gasteiger charge is -2.27. The van der Waals surface area contributed by atoms with E-state index in [0.717, 1.165) is 49.9 Å². The van der Waals surface area contributed by atoms with Crippen LogP contribution in [0.3, 0.4) is 0 Å². The largest absolute Gasteiger partial charge is 0.339 e. The first-order valence-electron chi connectivity index (χ1n) is 11.1. The normalized spacial score (nSPS) is 20.9. The van der Waals surface area contributed by atoms with Crippen molar-refractivity contribution in [3.63, 3.8) is 0 Å². The zero-order valence-electron chi connectivity index (χ0n) is 18.0. The molecule has 0 radical (unpaired) electrons. The van der Waals surface area contributed by atoms with Gasteiger partial charge in [-0.15, -0.1) is 0 Å². The van der Waals surface area contributed by atoms with Gasteiger partial charge in [-0.2, -0.15) is 0 Å². The zero-order chi connectivity index (χ0) is 21.8. The molecule has 2 aliphatic heterocycles. The van der Waals surface area contributed by atoms with Crippen LogP contribution >= 0.6 is 0 Å². The van der Waals surface area contributed by atoms with E-state index in [1.54, 1.807) is 12.1 Å². The minimum Gasteiger partial charge on any atom is -0.339 e. The van der Waals surface area contributed by atoms with E-state index >= 15 is 0 Å². The van der Waals surface area contributed by atoms with Gasteiger partial charge in [0, 0.05) is 18.7 Å². The molecule has 4 rings (SSSR count). The van der Waals surface area contributed by atoms with E-state index in [0.29, 0.717) is 12.0 Å². The van der Waals surface area contributed by atoms with Crippen LogP contribution in [0.2, 0.25) is 0 Å². The predicted molar refractivity (Wildman–Crippen MR) is 118 cm³/mol. The molecular formula is C25H29N3O3. The summed E-state index contributed by atoms with van der Waals surface area (Å²) in [6, 6.07) is 16.3. The highest BCUT2D eigenvalue weighted by Crippen LogP contribution is 2.34. The van der Waals surface area contributed by atoms with Crippen LogP contribution in [0.5, 0.6) is 0 Å². The number of nitrogens with zero attached hydrogens (tertiary/aromatic N) is 2. The standard InChI is InChI=1S/C25H29N3O3/c1-2-3-15-25(21-9-5-4-6-10-21)23(30)28(24(31)26-25)18-19-11-13-20(14-12-19)22(29)27-16-7-8-17-27/h4-6,9-14H,2-3,7-8,15-18H2,1H3,(H,26,31). The van der Waals surface area contributed by atoms with Gasteiger partial charge in [0.1, 0.15) is 5.54 Å². The Morgan fingerprint density at radius 2 is 1.68 bits per heavy atom. The van der Waals surface area contributed by atoms with E-state index in [2.05, 4.69) is 12.2 Å². The molecule has 0 aliphatic carbocycles. The fraction of sp³-hybridized carbons (Fsp3) is 0.400. The fourth-order valence-corrected chi connectivity index (χ4v) is 4.48. The van der Waals surface area contributed by atoms with Crippen molar-refractivity contribution < 1.29 is 14.4 Å². The summed E-state index contributed by atoms with van der Waals surface area (Å²) in [6.07, 6.45) is 4.44. The number of likely N-dealkylation sites (tertiary alicyclic amines) is 1. The Morgan fingerprint density at radius 1 is 1.00 bits per heavy atom. The SMILES string of the molecule is CCCCC1(c2ccccc2)NC(=O)N(Cc2ccc(C(=O)N3CCCC3)cc2)C1=O. The average molecular weight is 420 g/mol. The van der Waals surface area contributed by atoms with Crippen molar-refractivity contribution in [2.45, 2.75) is 51.1 Å². The Hall–Kier alpha value is -3.15. The molecule has 2 aromatic carbocycles. The number of imide groups is 1. The second-order valence-corrected chi connectivity index (χ2v) is 8.39. The lowest BCUT2D eigenvalue weighted by Crippen LogP contribution is -2.44. The van der Waals surface area contributed by atoms with Crippen LogP contribution < -0.4 is 5.32 Å². The van der Waals surface area contributed by atoms with Gasteiger partial charge in [-0.05, 0) is 42.5 Å². The summed E-state index contributed by atoms with van der Waals surface area (Å²) in [5, 5.41) is 2.98. The van der Waals surface area contributed by atoms with Gasteiger partial charge < -0.3 is 10.2 Å². The first-order chi connectivity index (χ1) is 15.0. The second-order valence-electron chi connectivity index (χ2n) is 8.39. The average Bonchev–Trinajstić information content (AvgIpc) is 3.42. The number of rotatable bonds is 7. The second kappa shape index (κ2) is 8.92. The third-order valence-corrected chi connectivity index (χ3v) is 6.28. The summed E-state index contributed by atoms with van der Waals surface area (Å²) in [5.74, 6) is -0.170. The number of carbonyl (C=O) groups excluding carboxylic acids is 3. The molecule has 6 heteroatoms. The number of carbonyl (C=O) groups is 3. The van der Waals surface area contributed by atoms with Crippen LogP contribution in [0.4, 0.5) is 4.79 Å². The van der Waals surface area contributed by atoms with Crippen LogP contribution in [0.25, 0.3) is 0 Å². The van der Waals surface area contributed by atoms with Gasteiger partial charge >= 0.3 is 6.03 Å². The molecule has 162 valence electrons. The Morgan fingerprint density at radius 3 is 2.32 bits per heavy atom. The van der Waals surface area contributed by atoms with Crippen molar-refractivity contribution in [2.24, 2.45) is 0 Å². The molecule has 0 bridgehead atoms. The number of nitrogens with one attached hydrogen (secondary N) is 1. The molecule has 0 aromatic heterocycles. The molecule has 0 spiro atoms. The van der Waals surface area contributed by atoms with Gasteiger partial charge in [0.25, 0.3) is 11.8 Å². The molecule has 2 fully saturated rings. The van der Waals surface area contributed by atoms with E-state index in [9.17, 15) is 14.4 Å². The molecule has 0 saturated carbocycles. The number of hydrogen-bond donors (Lipinski definition) is 1. The molecule has 2 aliphatic rings. The molecule has 1 unspecified atom stereocenters. The van der Waals surface area contributed by atoms with Crippen molar-refractivity contribution in [3.05, 3.63) is 71.3 Å². The summed E-state index contributed by atoms with van der Waals surface area (Å²) in [6.45, 7) is 3.87. The topological polar surface area (TPSA) is 69.7 Å². The quantitative estimate of drug-likeness (QED) is 0.688. The lowest BCUT2D eigenvalue weighted by atomic mass is 9.85. The zero-order valence-corrected chi connectivity index (χ0v) is 18.0. The highest BCUT2D eigenvalue weighted by molar-refractivity contribution is 6.07. The number of hydrogen-bond acceptors (Lipinski definition) is 3. The molecule has 1 N–H and O–H groups in total. The Bertz CT molecular complexity index is 952. The fourth-order valence-electron chi connectivity index (χ4n) is 4.48. The Kier molecular flexibility index (Phi) is 6.07. The maximum absolute atomic E-state index is 13.5. The summed E-state index contributed by atoms with van der Waals surface area (Å²) < 4.78 is 0. The summed E-state index contributed by atoms with van der Waals surface area (Å²) in [4.78, 5) is 42.0. The van der Waals surface area contributed by atoms with Crippen molar-refractivity contribution in [1.29, 1.82) is 0 Å². The van der Waals surface area contributed by atoms with E-state index in [4.69, 9.17) is 0 Å². The molecule has 1 atom stereocenters. The van der Waals surface area contributed by atoms with Crippen LogP contribution in [-0.2, 0) is 16.9 Å². The summed E-state index contributed by atoms with van der Waals surface area (Å²) >= 11 is 0. The minimum absolute atomic E-state index is 0.0432. The van der Waals surface area contributed by atoms with Crippen LogP contribution in [0.15, 0.2) is 54.6 Å². The van der Waals surface area contributed by atoms with Crippen LogP contribution in [0, 0.1) is 0 Å². The van der Waals surface area contributed by atoms with Gasteiger partial charge in [-0.1, -0.05) is 62.2 Å². The number of benzene rings is 2.